The molecule has 3 rings (SSSR count). The van der Waals surface area contributed by atoms with Crippen molar-refractivity contribution in [3.05, 3.63) is 47.3 Å². The second kappa shape index (κ2) is 4.98. The smallest absolute Gasteiger partial charge is 0.0473 e. The average Bonchev–Trinajstić information content (AvgIpc) is 2.84. The van der Waals surface area contributed by atoms with Crippen molar-refractivity contribution in [2.24, 2.45) is 5.73 Å². The highest BCUT2D eigenvalue weighted by atomic mass is 15.1. The van der Waals surface area contributed by atoms with Crippen LogP contribution in [0.2, 0.25) is 0 Å². The van der Waals surface area contributed by atoms with Crippen molar-refractivity contribution in [2.45, 2.75) is 32.2 Å². The highest BCUT2D eigenvalue weighted by Crippen LogP contribution is 2.31. The molecule has 0 bridgehead atoms. The molecular weight excluding hydrogens is 246 g/mol. The van der Waals surface area contributed by atoms with E-state index in [9.17, 15) is 0 Å². The van der Waals surface area contributed by atoms with Gasteiger partial charge in [-0.15, -0.1) is 0 Å². The molecular formula is C17H23N3. The van der Waals surface area contributed by atoms with Gasteiger partial charge >= 0.3 is 0 Å². The zero-order valence-corrected chi connectivity index (χ0v) is 12.6. The summed E-state index contributed by atoms with van der Waals surface area (Å²) in [4.78, 5) is 2.17. The molecule has 0 amide bonds. The van der Waals surface area contributed by atoms with Crippen LogP contribution in [0.15, 0.2) is 30.5 Å². The second-order valence-electron chi connectivity index (χ2n) is 5.95. The van der Waals surface area contributed by atoms with Crippen molar-refractivity contribution in [1.29, 1.82) is 0 Å². The second-order valence-corrected chi connectivity index (χ2v) is 5.95. The maximum atomic E-state index is 6.22. The van der Waals surface area contributed by atoms with Gasteiger partial charge in [-0.05, 0) is 55.5 Å². The lowest BCUT2D eigenvalue weighted by Crippen LogP contribution is -2.18. The van der Waals surface area contributed by atoms with Gasteiger partial charge in [-0.3, -0.25) is 0 Å². The van der Waals surface area contributed by atoms with E-state index in [-0.39, 0.29) is 6.04 Å². The maximum absolute atomic E-state index is 6.22. The Morgan fingerprint density at radius 3 is 2.80 bits per heavy atom. The van der Waals surface area contributed by atoms with Crippen molar-refractivity contribution in [2.75, 3.05) is 19.0 Å². The van der Waals surface area contributed by atoms with Crippen LogP contribution in [-0.4, -0.2) is 18.7 Å². The topological polar surface area (TPSA) is 34.2 Å². The summed E-state index contributed by atoms with van der Waals surface area (Å²) in [5.74, 6) is 0. The first kappa shape index (κ1) is 13.3. The average molecular weight is 269 g/mol. The van der Waals surface area contributed by atoms with E-state index in [1.165, 1.54) is 34.6 Å². The van der Waals surface area contributed by atoms with Gasteiger partial charge in [0.15, 0.2) is 0 Å². The van der Waals surface area contributed by atoms with Gasteiger partial charge in [-0.2, -0.15) is 0 Å². The van der Waals surface area contributed by atoms with Crippen LogP contribution in [0, 0.1) is 6.92 Å². The van der Waals surface area contributed by atoms with Gasteiger partial charge < -0.3 is 15.2 Å². The van der Waals surface area contributed by atoms with Gasteiger partial charge in [0.25, 0.3) is 0 Å². The summed E-state index contributed by atoms with van der Waals surface area (Å²) in [6.45, 7) is 2.15. The maximum Gasteiger partial charge on any atom is 0.0473 e. The summed E-state index contributed by atoms with van der Waals surface area (Å²) in [5, 5.41) is 0. The van der Waals surface area contributed by atoms with Gasteiger partial charge in [-0.25, -0.2) is 0 Å². The largest absolute Gasteiger partial charge is 0.377 e. The van der Waals surface area contributed by atoms with E-state index in [0.717, 1.165) is 12.8 Å². The van der Waals surface area contributed by atoms with Crippen LogP contribution in [0.4, 0.5) is 5.69 Å². The number of hydrogen-bond donors (Lipinski definition) is 1. The summed E-state index contributed by atoms with van der Waals surface area (Å²) in [7, 11) is 4.18. The minimum absolute atomic E-state index is 0.207. The molecule has 20 heavy (non-hydrogen) atoms. The molecule has 0 saturated heterocycles. The SMILES string of the molecule is Cc1ccc(-n2ccc3c2CCCC3N)cc1N(C)C. The first-order chi connectivity index (χ1) is 9.58. The van der Waals surface area contributed by atoms with Crippen LogP contribution in [0.5, 0.6) is 0 Å². The normalized spacial score (nSPS) is 17.9. The number of aryl methyl sites for hydroxylation is 1. The Hall–Kier alpha value is -1.74. The van der Waals surface area contributed by atoms with Crippen LogP contribution in [-0.2, 0) is 6.42 Å². The van der Waals surface area contributed by atoms with Crippen LogP contribution >= 0.6 is 0 Å². The van der Waals surface area contributed by atoms with Crippen LogP contribution < -0.4 is 10.6 Å². The van der Waals surface area contributed by atoms with Gasteiger partial charge in [0.1, 0.15) is 0 Å². The Kier molecular flexibility index (Phi) is 3.30. The fourth-order valence-corrected chi connectivity index (χ4v) is 3.20. The van der Waals surface area contributed by atoms with Gasteiger partial charge in [0.05, 0.1) is 0 Å². The molecule has 1 atom stereocenters. The molecule has 3 nitrogen and oxygen atoms in total. The number of anilines is 1. The third-order valence-corrected chi connectivity index (χ3v) is 4.31. The van der Waals surface area contributed by atoms with E-state index in [4.69, 9.17) is 5.73 Å². The van der Waals surface area contributed by atoms with Crippen molar-refractivity contribution < 1.29 is 0 Å². The third-order valence-electron chi connectivity index (χ3n) is 4.31. The lowest BCUT2D eigenvalue weighted by Gasteiger charge is -2.22. The summed E-state index contributed by atoms with van der Waals surface area (Å²) in [6, 6.07) is 9.05. The predicted octanol–water partition coefficient (Wildman–Crippen LogP) is 3.19. The highest BCUT2D eigenvalue weighted by molar-refractivity contribution is 5.58. The number of fused-ring (bicyclic) bond motifs is 1. The minimum Gasteiger partial charge on any atom is -0.377 e. The zero-order valence-electron chi connectivity index (χ0n) is 12.6. The Morgan fingerprint density at radius 1 is 1.25 bits per heavy atom. The Bertz CT molecular complexity index is 625. The molecule has 0 saturated carbocycles. The Labute approximate surface area is 121 Å². The van der Waals surface area contributed by atoms with E-state index in [1.54, 1.807) is 0 Å². The van der Waals surface area contributed by atoms with E-state index >= 15 is 0 Å². The van der Waals surface area contributed by atoms with Gasteiger partial charge in [0, 0.05) is 43.4 Å². The third kappa shape index (κ3) is 2.12. The molecule has 0 fully saturated rings. The number of benzene rings is 1. The summed E-state index contributed by atoms with van der Waals surface area (Å²) in [5.41, 5.74) is 12.7. The molecule has 1 heterocycles. The number of nitrogens with zero attached hydrogens (tertiary/aromatic N) is 2. The molecule has 1 unspecified atom stereocenters. The van der Waals surface area contributed by atoms with Crippen molar-refractivity contribution >= 4 is 5.69 Å². The Balaban J connectivity index is 2.08. The first-order valence-corrected chi connectivity index (χ1v) is 7.32. The standard InChI is InChI=1S/C17H23N3/c1-12-7-8-13(11-17(12)19(2)3)20-10-9-14-15(18)5-4-6-16(14)20/h7-11,15H,4-6,18H2,1-3H3. The fraction of sp³-hybridized carbons (Fsp3) is 0.412. The van der Waals surface area contributed by atoms with E-state index in [0.29, 0.717) is 0 Å². The first-order valence-electron chi connectivity index (χ1n) is 7.32. The van der Waals surface area contributed by atoms with Gasteiger partial charge in [0.2, 0.25) is 0 Å². The molecule has 1 aliphatic carbocycles. The zero-order chi connectivity index (χ0) is 14.3. The minimum atomic E-state index is 0.207. The monoisotopic (exact) mass is 269 g/mol. The summed E-state index contributed by atoms with van der Waals surface area (Å²) in [6.07, 6.45) is 5.58. The van der Waals surface area contributed by atoms with Gasteiger partial charge in [-0.1, -0.05) is 6.07 Å². The van der Waals surface area contributed by atoms with Crippen LogP contribution in [0.25, 0.3) is 5.69 Å². The fourth-order valence-electron chi connectivity index (χ4n) is 3.20. The molecule has 1 aromatic carbocycles. The van der Waals surface area contributed by atoms with E-state index in [1.807, 2.05) is 0 Å². The molecule has 0 aliphatic heterocycles. The number of rotatable bonds is 2. The number of hydrogen-bond acceptors (Lipinski definition) is 2. The van der Waals surface area contributed by atoms with Crippen molar-refractivity contribution in [1.82, 2.24) is 4.57 Å². The molecule has 1 aromatic heterocycles. The lowest BCUT2D eigenvalue weighted by molar-refractivity contribution is 0.560. The summed E-state index contributed by atoms with van der Waals surface area (Å²) >= 11 is 0. The molecule has 2 N–H and O–H groups in total. The van der Waals surface area contributed by atoms with E-state index in [2.05, 4.69) is 60.9 Å². The summed E-state index contributed by atoms with van der Waals surface area (Å²) < 4.78 is 2.31. The molecule has 106 valence electrons. The van der Waals surface area contributed by atoms with Crippen LogP contribution in [0.1, 0.15) is 35.7 Å². The highest BCUT2D eigenvalue weighted by Gasteiger charge is 2.20. The molecule has 0 radical (unpaired) electrons. The molecule has 0 spiro atoms. The lowest BCUT2D eigenvalue weighted by atomic mass is 9.93. The number of nitrogens with two attached hydrogens (primary N) is 1. The van der Waals surface area contributed by atoms with Crippen molar-refractivity contribution in [3.63, 3.8) is 0 Å². The van der Waals surface area contributed by atoms with Crippen LogP contribution in [0.3, 0.4) is 0 Å². The predicted molar refractivity (Wildman–Crippen MR) is 84.7 cm³/mol. The Morgan fingerprint density at radius 2 is 2.05 bits per heavy atom. The quantitative estimate of drug-likeness (QED) is 0.908. The molecule has 2 aromatic rings. The number of aromatic nitrogens is 1. The van der Waals surface area contributed by atoms with Crippen molar-refractivity contribution in [3.8, 4) is 5.69 Å². The molecule has 3 heteroatoms. The molecule has 1 aliphatic rings. The van der Waals surface area contributed by atoms with E-state index < -0.39 is 0 Å².